The van der Waals surface area contributed by atoms with E-state index in [2.05, 4.69) is 35.1 Å². The fourth-order valence-corrected chi connectivity index (χ4v) is 4.73. The van der Waals surface area contributed by atoms with Crippen molar-refractivity contribution in [3.63, 3.8) is 0 Å². The highest BCUT2D eigenvalue weighted by atomic mass is 16.5. The molecule has 0 spiro atoms. The Morgan fingerprint density at radius 3 is 2.14 bits per heavy atom. The lowest BCUT2D eigenvalue weighted by Crippen LogP contribution is -2.47. The molecule has 7 amide bonds. The third kappa shape index (κ3) is 16.9. The maximum atomic E-state index is 13.0. The summed E-state index contributed by atoms with van der Waals surface area (Å²) < 4.78 is 5.21. The Balaban J connectivity index is 0.00000385. The molecule has 1 saturated heterocycles. The second-order valence-corrected chi connectivity index (χ2v) is 12.7. The molecule has 1 fully saturated rings. The molecule has 1 aromatic rings. The summed E-state index contributed by atoms with van der Waals surface area (Å²) in [6.07, 6.45) is 3.95. The van der Waals surface area contributed by atoms with Gasteiger partial charge < -0.3 is 31.7 Å². The van der Waals surface area contributed by atoms with Crippen LogP contribution in [0.5, 0.6) is 0 Å². The van der Waals surface area contributed by atoms with Crippen LogP contribution in [0.2, 0.25) is 0 Å². The number of primary amides is 1. The van der Waals surface area contributed by atoms with Gasteiger partial charge in [0.15, 0.2) is 0 Å². The number of carbonyl (C=O) groups is 7. The van der Waals surface area contributed by atoms with E-state index in [0.717, 1.165) is 5.56 Å². The molecule has 6 N–H and O–H groups in total. The van der Waals surface area contributed by atoms with Gasteiger partial charge in [0.05, 0.1) is 12.5 Å². The number of amides is 7. The van der Waals surface area contributed by atoms with Crippen LogP contribution in [0.4, 0.5) is 10.5 Å². The van der Waals surface area contributed by atoms with Crippen LogP contribution < -0.4 is 27.0 Å². The fraction of sp³-hybridized carbons (Fsp3) is 0.629. The molecule has 0 radical (unpaired) electrons. The molecule has 0 saturated carbocycles. The van der Waals surface area contributed by atoms with Gasteiger partial charge in [-0.2, -0.15) is 0 Å². The number of benzene rings is 1. The van der Waals surface area contributed by atoms with E-state index in [9.17, 15) is 33.6 Å². The van der Waals surface area contributed by atoms with Crippen molar-refractivity contribution in [3.05, 3.63) is 29.8 Å². The van der Waals surface area contributed by atoms with Crippen molar-refractivity contribution in [3.8, 4) is 0 Å². The molecule has 0 aromatic heterocycles. The molecule has 1 aliphatic rings. The molecule has 14 heteroatoms. The number of unbranched alkanes of at least 4 members (excludes halogenated alkanes) is 2. The smallest absolute Gasteiger partial charge is 0.312 e. The summed E-state index contributed by atoms with van der Waals surface area (Å²) >= 11 is 0. The maximum absolute atomic E-state index is 13.0. The summed E-state index contributed by atoms with van der Waals surface area (Å²) in [5, 5.41) is 10.3. The van der Waals surface area contributed by atoms with Crippen LogP contribution in [0.1, 0.15) is 98.5 Å². The highest BCUT2D eigenvalue weighted by Gasteiger charge is 2.39. The topological polar surface area (TPSA) is 206 Å². The number of hydrogen-bond acceptors (Lipinski definition) is 8. The molecular weight excluding hydrogens is 632 g/mol. The van der Waals surface area contributed by atoms with Crippen molar-refractivity contribution in [2.45, 2.75) is 106 Å². The van der Waals surface area contributed by atoms with Crippen LogP contribution in [0.3, 0.4) is 0 Å². The van der Waals surface area contributed by atoms with E-state index in [1.165, 1.54) is 11.3 Å². The van der Waals surface area contributed by atoms with Gasteiger partial charge in [0, 0.05) is 37.5 Å². The SMILES string of the molecule is CC(C)C(=O)OCc1ccc(NC(=O)C(CCCNC(N)=O)NC(=O)CNC(=O)CCCCCN2C(=O)CC(C(C)C)C2=O)cc1.CCC. The highest BCUT2D eigenvalue weighted by molar-refractivity contribution is 6.03. The molecule has 274 valence electrons. The lowest BCUT2D eigenvalue weighted by Gasteiger charge is -2.19. The minimum absolute atomic E-state index is 0.0992. The first kappa shape index (κ1) is 42.5. The molecular formula is C35H56N6O8. The quantitative estimate of drug-likeness (QED) is 0.0825. The van der Waals surface area contributed by atoms with Gasteiger partial charge in [0.2, 0.25) is 29.5 Å². The van der Waals surface area contributed by atoms with Gasteiger partial charge in [-0.15, -0.1) is 0 Å². The Kier molecular flexibility index (Phi) is 19.9. The van der Waals surface area contributed by atoms with Crippen molar-refractivity contribution >= 4 is 47.2 Å². The van der Waals surface area contributed by atoms with Crippen LogP contribution in [-0.4, -0.2) is 72.1 Å². The number of nitrogens with one attached hydrogen (secondary N) is 4. The second-order valence-electron chi connectivity index (χ2n) is 12.7. The van der Waals surface area contributed by atoms with Gasteiger partial charge in [0.25, 0.3) is 0 Å². The van der Waals surface area contributed by atoms with Gasteiger partial charge in [-0.25, -0.2) is 4.79 Å². The van der Waals surface area contributed by atoms with E-state index in [1.54, 1.807) is 38.1 Å². The average molecular weight is 689 g/mol. The van der Waals surface area contributed by atoms with E-state index in [0.29, 0.717) is 37.9 Å². The Hall–Kier alpha value is -4.49. The largest absolute Gasteiger partial charge is 0.461 e. The van der Waals surface area contributed by atoms with Crippen molar-refractivity contribution in [2.24, 2.45) is 23.5 Å². The number of esters is 1. The first-order chi connectivity index (χ1) is 23.2. The fourth-order valence-electron chi connectivity index (χ4n) is 4.73. The molecule has 1 heterocycles. The predicted octanol–water partition coefficient (Wildman–Crippen LogP) is 3.38. The number of rotatable bonds is 19. The Labute approximate surface area is 290 Å². The number of likely N-dealkylation sites (tertiary alicyclic amines) is 1. The zero-order valence-corrected chi connectivity index (χ0v) is 29.9. The van der Waals surface area contributed by atoms with Gasteiger partial charge in [-0.3, -0.25) is 33.7 Å². The molecule has 1 aromatic carbocycles. The minimum Gasteiger partial charge on any atom is -0.461 e. The summed E-state index contributed by atoms with van der Waals surface area (Å²) in [5.74, 6) is -2.38. The summed E-state index contributed by atoms with van der Waals surface area (Å²) in [4.78, 5) is 86.5. The van der Waals surface area contributed by atoms with Gasteiger partial charge >= 0.3 is 12.0 Å². The van der Waals surface area contributed by atoms with Crippen molar-refractivity contribution in [1.82, 2.24) is 20.9 Å². The number of hydrogen-bond donors (Lipinski definition) is 5. The third-order valence-electron chi connectivity index (χ3n) is 7.51. The maximum Gasteiger partial charge on any atom is 0.312 e. The number of carbonyl (C=O) groups excluding carboxylic acids is 7. The summed E-state index contributed by atoms with van der Waals surface area (Å²) in [5.41, 5.74) is 6.30. The minimum atomic E-state index is -0.961. The van der Waals surface area contributed by atoms with Crippen LogP contribution in [0.25, 0.3) is 0 Å². The molecule has 2 atom stereocenters. The number of urea groups is 1. The Morgan fingerprint density at radius 1 is 0.918 bits per heavy atom. The van der Waals surface area contributed by atoms with Crippen LogP contribution in [0, 0.1) is 17.8 Å². The number of nitrogens with two attached hydrogens (primary N) is 1. The lowest BCUT2D eigenvalue weighted by atomic mass is 9.94. The molecule has 2 rings (SSSR count). The molecule has 14 nitrogen and oxygen atoms in total. The van der Waals surface area contributed by atoms with E-state index < -0.39 is 23.9 Å². The van der Waals surface area contributed by atoms with E-state index in [-0.39, 0.29) is 80.4 Å². The average Bonchev–Trinajstić information content (AvgIpc) is 3.33. The Morgan fingerprint density at radius 2 is 1.57 bits per heavy atom. The molecule has 49 heavy (non-hydrogen) atoms. The zero-order valence-electron chi connectivity index (χ0n) is 29.9. The molecule has 2 unspecified atom stereocenters. The normalized spacial score (nSPS) is 14.5. The zero-order chi connectivity index (χ0) is 36.9. The van der Waals surface area contributed by atoms with Crippen LogP contribution >= 0.6 is 0 Å². The molecule has 1 aliphatic heterocycles. The Bertz CT molecular complexity index is 1250. The third-order valence-corrected chi connectivity index (χ3v) is 7.51. The summed E-state index contributed by atoms with van der Waals surface area (Å²) in [6.45, 7) is 11.9. The monoisotopic (exact) mass is 688 g/mol. The van der Waals surface area contributed by atoms with Crippen LogP contribution in [-0.2, 0) is 40.1 Å². The van der Waals surface area contributed by atoms with Gasteiger partial charge in [-0.1, -0.05) is 66.5 Å². The van der Waals surface area contributed by atoms with E-state index in [4.69, 9.17) is 10.5 Å². The number of anilines is 1. The van der Waals surface area contributed by atoms with Crippen molar-refractivity contribution in [1.29, 1.82) is 0 Å². The first-order valence-electron chi connectivity index (χ1n) is 17.2. The van der Waals surface area contributed by atoms with E-state index >= 15 is 0 Å². The summed E-state index contributed by atoms with van der Waals surface area (Å²) in [7, 11) is 0. The lowest BCUT2D eigenvalue weighted by molar-refractivity contribution is -0.148. The van der Waals surface area contributed by atoms with Crippen molar-refractivity contribution < 1.29 is 38.3 Å². The number of ether oxygens (including phenoxy) is 1. The van der Waals surface area contributed by atoms with Crippen LogP contribution in [0.15, 0.2) is 24.3 Å². The standard InChI is InChI=1S/C32H48N6O8.C3H8/c1-20(2)24-17-28(41)38(30(24)43)16-7-5-6-10-26(39)35-18-27(40)37-25(9-8-15-34-32(33)45)29(42)36-23-13-11-22(12-14-23)19-46-31(44)21(3)4;1-3-2/h11-14,20-21,24-25H,5-10,15-19H2,1-4H3,(H,35,39)(H,36,42)(H,37,40)(H3,33,34,45);3H2,1-2H3. The van der Waals surface area contributed by atoms with E-state index in [1.807, 2.05) is 13.8 Å². The summed E-state index contributed by atoms with van der Waals surface area (Å²) in [6, 6.07) is 5.04. The molecule has 0 aliphatic carbocycles. The first-order valence-corrected chi connectivity index (χ1v) is 17.2. The predicted molar refractivity (Wildman–Crippen MR) is 186 cm³/mol. The number of imide groups is 1. The highest BCUT2D eigenvalue weighted by Crippen LogP contribution is 2.26. The van der Waals surface area contributed by atoms with Gasteiger partial charge in [-0.05, 0) is 49.3 Å². The van der Waals surface area contributed by atoms with Gasteiger partial charge in [0.1, 0.15) is 12.6 Å². The second kappa shape index (κ2) is 23.0. The molecule has 0 bridgehead atoms. The number of nitrogens with zero attached hydrogens (tertiary/aromatic N) is 1. The van der Waals surface area contributed by atoms with Crippen molar-refractivity contribution in [2.75, 3.05) is 25.0 Å².